The number of fused-ring (bicyclic) bond motifs is 2. The zero-order valence-corrected chi connectivity index (χ0v) is 16.4. The van der Waals surface area contributed by atoms with Gasteiger partial charge in [0, 0.05) is 59.6 Å². The van der Waals surface area contributed by atoms with Gasteiger partial charge in [0.25, 0.3) is 0 Å². The van der Waals surface area contributed by atoms with Crippen molar-refractivity contribution in [1.82, 2.24) is 20.1 Å². The number of methoxy groups -OCH3 is 1. The summed E-state index contributed by atoms with van der Waals surface area (Å²) >= 11 is 3.47. The van der Waals surface area contributed by atoms with Crippen LogP contribution in [0.3, 0.4) is 0 Å². The van der Waals surface area contributed by atoms with E-state index < -0.39 is 0 Å². The minimum atomic E-state index is -0.119. The number of nitrogens with zero attached hydrogens (tertiary/aromatic N) is 3. The van der Waals surface area contributed by atoms with E-state index in [2.05, 4.69) is 48.8 Å². The maximum absolute atomic E-state index is 5.92. The number of anilines is 1. The molecule has 2 N–H and O–H groups in total. The van der Waals surface area contributed by atoms with Crippen LogP contribution < -0.4 is 15.4 Å². The highest BCUT2D eigenvalue weighted by Crippen LogP contribution is 2.37. The van der Waals surface area contributed by atoms with Crippen LogP contribution in [0.5, 0.6) is 5.75 Å². The lowest BCUT2D eigenvalue weighted by Crippen LogP contribution is -2.33. The Hall–Kier alpha value is -2.16. The molecular weight excluding hydrogens is 398 g/mol. The second kappa shape index (κ2) is 6.86. The smallest absolute Gasteiger partial charge is 0.188 e. The molecule has 1 atom stereocenters. The molecule has 3 aromatic rings. The number of ether oxygens (including phenoxy) is 2. The monoisotopic (exact) mass is 417 g/mol. The minimum Gasteiger partial charge on any atom is -0.467 e. The van der Waals surface area contributed by atoms with Crippen molar-refractivity contribution in [1.29, 1.82) is 0 Å². The molecule has 26 heavy (non-hydrogen) atoms. The van der Waals surface area contributed by atoms with E-state index in [4.69, 9.17) is 9.47 Å². The van der Waals surface area contributed by atoms with Crippen LogP contribution in [0.15, 0.2) is 29.0 Å². The number of aryl methyl sites for hydroxylation is 2. The zero-order valence-electron chi connectivity index (χ0n) is 14.8. The first-order chi connectivity index (χ1) is 12.6. The van der Waals surface area contributed by atoms with Gasteiger partial charge in [-0.1, -0.05) is 0 Å². The second-order valence-electron chi connectivity index (χ2n) is 6.33. The highest BCUT2D eigenvalue weighted by atomic mass is 79.9. The van der Waals surface area contributed by atoms with Crippen molar-refractivity contribution in [3.05, 3.63) is 45.7 Å². The van der Waals surface area contributed by atoms with Crippen LogP contribution in [0, 0.1) is 6.92 Å². The molecule has 2 aromatic heterocycles. The van der Waals surface area contributed by atoms with Crippen LogP contribution in [0.4, 0.5) is 5.82 Å². The molecule has 0 fully saturated rings. The van der Waals surface area contributed by atoms with Gasteiger partial charge in [-0.3, -0.25) is 10.00 Å². The van der Waals surface area contributed by atoms with E-state index in [1.165, 1.54) is 0 Å². The predicted octanol–water partition coefficient (Wildman–Crippen LogP) is 3.24. The summed E-state index contributed by atoms with van der Waals surface area (Å²) < 4.78 is 13.8. The average Bonchev–Trinajstić information content (AvgIpc) is 3.01. The van der Waals surface area contributed by atoms with E-state index in [0.29, 0.717) is 6.54 Å². The molecule has 0 saturated heterocycles. The fraction of sp³-hybridized carbons (Fsp3) is 0.333. The summed E-state index contributed by atoms with van der Waals surface area (Å²) in [6.07, 6.45) is 3.69. The quantitative estimate of drug-likeness (QED) is 0.634. The number of rotatable bonds is 4. The topological polar surface area (TPSA) is 73.2 Å². The Morgan fingerprint density at radius 1 is 1.38 bits per heavy atom. The number of halogens is 1. The first kappa shape index (κ1) is 17.3. The Balaban J connectivity index is 1.78. The molecule has 1 aliphatic rings. The molecule has 0 amide bonds. The van der Waals surface area contributed by atoms with E-state index in [-0.39, 0.29) is 13.0 Å². The van der Waals surface area contributed by atoms with Gasteiger partial charge in [-0.2, -0.15) is 5.10 Å². The van der Waals surface area contributed by atoms with E-state index in [9.17, 15) is 0 Å². The average molecular weight is 418 g/mol. The van der Waals surface area contributed by atoms with Crippen LogP contribution in [0.1, 0.15) is 22.9 Å². The molecule has 0 spiro atoms. The SMILES string of the molecule is COCOc1c(C2NCc3cc(Br)cnc3N2)cc2cn(C)nc2c1C. The lowest BCUT2D eigenvalue weighted by atomic mass is 10.0. The molecule has 3 heterocycles. The van der Waals surface area contributed by atoms with Crippen molar-refractivity contribution in [2.24, 2.45) is 7.05 Å². The first-order valence-electron chi connectivity index (χ1n) is 8.29. The maximum atomic E-state index is 5.92. The van der Waals surface area contributed by atoms with Crippen LogP contribution in [-0.4, -0.2) is 28.7 Å². The summed E-state index contributed by atoms with van der Waals surface area (Å²) in [6, 6.07) is 4.17. The molecule has 0 radical (unpaired) electrons. The summed E-state index contributed by atoms with van der Waals surface area (Å²) in [5, 5.41) is 12.6. The van der Waals surface area contributed by atoms with Crippen LogP contribution in [0.2, 0.25) is 0 Å². The van der Waals surface area contributed by atoms with Crippen molar-refractivity contribution in [2.45, 2.75) is 19.6 Å². The van der Waals surface area contributed by atoms with Crippen molar-refractivity contribution >= 4 is 32.7 Å². The van der Waals surface area contributed by atoms with Crippen molar-refractivity contribution in [2.75, 3.05) is 19.2 Å². The van der Waals surface area contributed by atoms with Crippen molar-refractivity contribution in [3.63, 3.8) is 0 Å². The third-order valence-corrected chi connectivity index (χ3v) is 4.90. The second-order valence-corrected chi connectivity index (χ2v) is 7.25. The van der Waals surface area contributed by atoms with Gasteiger partial charge in [0.2, 0.25) is 0 Å². The molecule has 4 rings (SSSR count). The van der Waals surface area contributed by atoms with Crippen molar-refractivity contribution in [3.8, 4) is 5.75 Å². The molecule has 7 nitrogen and oxygen atoms in total. The Labute approximate surface area is 159 Å². The Morgan fingerprint density at radius 2 is 2.23 bits per heavy atom. The van der Waals surface area contributed by atoms with Gasteiger partial charge in [0.1, 0.15) is 17.7 Å². The molecule has 136 valence electrons. The van der Waals surface area contributed by atoms with Gasteiger partial charge < -0.3 is 14.8 Å². The van der Waals surface area contributed by atoms with Crippen LogP contribution >= 0.6 is 15.9 Å². The van der Waals surface area contributed by atoms with E-state index >= 15 is 0 Å². The molecule has 0 saturated carbocycles. The van der Waals surface area contributed by atoms with Crippen LogP contribution in [0.25, 0.3) is 10.9 Å². The van der Waals surface area contributed by atoms with Gasteiger partial charge in [-0.15, -0.1) is 0 Å². The minimum absolute atomic E-state index is 0.119. The summed E-state index contributed by atoms with van der Waals surface area (Å²) in [6.45, 7) is 2.92. The highest BCUT2D eigenvalue weighted by Gasteiger charge is 2.25. The number of nitrogens with one attached hydrogen (secondary N) is 2. The fourth-order valence-corrected chi connectivity index (χ4v) is 3.70. The number of hydrogen-bond acceptors (Lipinski definition) is 6. The van der Waals surface area contributed by atoms with E-state index in [1.54, 1.807) is 13.3 Å². The van der Waals surface area contributed by atoms with Crippen molar-refractivity contribution < 1.29 is 9.47 Å². The molecule has 1 unspecified atom stereocenters. The Kier molecular flexibility index (Phi) is 4.56. The number of hydrogen-bond donors (Lipinski definition) is 2. The normalized spacial score (nSPS) is 16.4. The molecular formula is C18H20BrN5O2. The summed E-state index contributed by atoms with van der Waals surface area (Å²) in [4.78, 5) is 4.50. The van der Waals surface area contributed by atoms with E-state index in [1.807, 2.05) is 24.9 Å². The lowest BCUT2D eigenvalue weighted by Gasteiger charge is -2.29. The summed E-state index contributed by atoms with van der Waals surface area (Å²) in [5.74, 6) is 1.65. The van der Waals surface area contributed by atoms with Crippen LogP contribution in [-0.2, 0) is 18.3 Å². The summed E-state index contributed by atoms with van der Waals surface area (Å²) in [7, 11) is 3.54. The Morgan fingerprint density at radius 3 is 3.04 bits per heavy atom. The standard InChI is InChI=1S/C18H20BrN5O2/c1-10-15-12(8-24(2)23-15)5-14(16(10)26-9-25-3)18-20-6-11-4-13(19)7-21-17(11)22-18/h4-5,7-8,18,20H,6,9H2,1-3H3,(H,21,22). The zero-order chi connectivity index (χ0) is 18.3. The highest BCUT2D eigenvalue weighted by molar-refractivity contribution is 9.10. The lowest BCUT2D eigenvalue weighted by molar-refractivity contribution is 0.0497. The Bertz CT molecular complexity index is 972. The largest absolute Gasteiger partial charge is 0.467 e. The first-order valence-corrected chi connectivity index (χ1v) is 9.09. The molecule has 1 aliphatic heterocycles. The third-order valence-electron chi connectivity index (χ3n) is 4.47. The molecule has 8 heteroatoms. The summed E-state index contributed by atoms with van der Waals surface area (Å²) in [5.41, 5.74) is 4.05. The fourth-order valence-electron chi connectivity index (χ4n) is 3.32. The third kappa shape index (κ3) is 3.04. The van der Waals surface area contributed by atoms with Gasteiger partial charge in [-0.25, -0.2) is 4.98 Å². The van der Waals surface area contributed by atoms with E-state index in [0.717, 1.165) is 43.6 Å². The molecule has 1 aromatic carbocycles. The van der Waals surface area contributed by atoms with Gasteiger partial charge >= 0.3 is 0 Å². The van der Waals surface area contributed by atoms with Gasteiger partial charge in [0.15, 0.2) is 6.79 Å². The predicted molar refractivity (Wildman–Crippen MR) is 103 cm³/mol. The number of pyridine rings is 1. The van der Waals surface area contributed by atoms with Gasteiger partial charge in [0.05, 0.1) is 5.52 Å². The molecule has 0 aliphatic carbocycles. The number of aromatic nitrogens is 3. The van der Waals surface area contributed by atoms with Gasteiger partial charge in [-0.05, 0) is 35.0 Å². The molecule has 0 bridgehead atoms. The number of benzene rings is 1. The maximum Gasteiger partial charge on any atom is 0.188 e.